The number of hydrogen-bond acceptors (Lipinski definition) is 5. The lowest BCUT2D eigenvalue weighted by Crippen LogP contribution is -2.70. The first-order valence-corrected chi connectivity index (χ1v) is 7.33. The first-order valence-electron chi connectivity index (χ1n) is 6.70. The van der Waals surface area contributed by atoms with Crippen molar-refractivity contribution in [2.24, 2.45) is 0 Å². The number of hydrogen-bond donors (Lipinski definition) is 3. The number of nitrogens with zero attached hydrogens (tertiary/aromatic N) is 2. The Labute approximate surface area is 122 Å². The molecule has 2 N–H and O–H groups in total. The highest BCUT2D eigenvalue weighted by Crippen LogP contribution is 2.36. The molecule has 112 valence electrons. The molecule has 0 aromatic carbocycles. The van der Waals surface area contributed by atoms with Crippen LogP contribution in [0.15, 0.2) is 0 Å². The highest BCUT2D eigenvalue weighted by atomic mass is 32.1. The number of carbonyl (C=O) groups is 3. The number of amides is 1. The monoisotopic (exact) mass is 303 g/mol. The van der Waals surface area contributed by atoms with Crippen molar-refractivity contribution >= 4 is 30.5 Å². The highest BCUT2D eigenvalue weighted by molar-refractivity contribution is 7.81. The maximum Gasteiger partial charge on any atom is 0.364 e. The fourth-order valence-electron chi connectivity index (χ4n) is 3.50. The van der Waals surface area contributed by atoms with Crippen LogP contribution >= 0.6 is 12.6 Å². The highest BCUT2D eigenvalue weighted by Gasteiger charge is 2.59. The van der Waals surface area contributed by atoms with Crippen LogP contribution in [0.3, 0.4) is 0 Å². The predicted octanol–water partition coefficient (Wildman–Crippen LogP) is -0.0294. The number of quaternary nitrogens is 1. The van der Waals surface area contributed by atoms with Gasteiger partial charge in [-0.2, -0.15) is 17.2 Å². The molecule has 0 bridgehead atoms. The van der Waals surface area contributed by atoms with Crippen LogP contribution in [0.5, 0.6) is 0 Å². The van der Waals surface area contributed by atoms with Crippen molar-refractivity contribution in [3.8, 4) is 0 Å². The summed E-state index contributed by atoms with van der Waals surface area (Å²) in [5, 5.41) is 20.3. The Bertz CT molecular complexity index is 444. The number of carbonyl (C=O) groups excluding carboxylic acids is 1. The van der Waals surface area contributed by atoms with E-state index in [2.05, 4.69) is 12.6 Å². The minimum Gasteiger partial charge on any atom is -0.480 e. The van der Waals surface area contributed by atoms with E-state index in [1.165, 1.54) is 0 Å². The Morgan fingerprint density at radius 1 is 1.15 bits per heavy atom. The molecule has 2 aliphatic rings. The molecular weight excluding hydrogens is 284 g/mol. The van der Waals surface area contributed by atoms with Gasteiger partial charge in [0, 0.05) is 19.4 Å². The van der Waals surface area contributed by atoms with Crippen LogP contribution in [-0.4, -0.2) is 68.6 Å². The molecule has 0 radical (unpaired) electrons. The van der Waals surface area contributed by atoms with Crippen LogP contribution in [0.25, 0.3) is 0 Å². The molecule has 2 saturated heterocycles. The second kappa shape index (κ2) is 5.71. The molecule has 0 saturated carbocycles. The van der Waals surface area contributed by atoms with Gasteiger partial charge in [0.15, 0.2) is 6.04 Å². The fraction of sp³-hybridized carbons (Fsp3) is 0.750. The van der Waals surface area contributed by atoms with E-state index in [0.29, 0.717) is 38.8 Å². The summed E-state index contributed by atoms with van der Waals surface area (Å²) in [5.74, 6) is -2.46. The number of thiol groups is 1. The molecule has 1 unspecified atom stereocenters. The largest absolute Gasteiger partial charge is 0.480 e. The third kappa shape index (κ3) is 2.21. The van der Waals surface area contributed by atoms with E-state index < -0.39 is 24.0 Å². The molecule has 7 nitrogen and oxygen atoms in total. The lowest BCUT2D eigenvalue weighted by molar-refractivity contribution is -0.972. The van der Waals surface area contributed by atoms with Gasteiger partial charge in [0.2, 0.25) is 6.04 Å². The average Bonchev–Trinajstić information content (AvgIpc) is 3.04. The summed E-state index contributed by atoms with van der Waals surface area (Å²) in [6.07, 6.45) is 2.09. The summed E-state index contributed by atoms with van der Waals surface area (Å²) in [5.41, 5.74) is 0. The van der Waals surface area contributed by atoms with Crippen molar-refractivity contribution in [1.82, 2.24) is 5.01 Å². The zero-order valence-electron chi connectivity index (χ0n) is 11.1. The maximum absolute atomic E-state index is 12.4. The van der Waals surface area contributed by atoms with Gasteiger partial charge in [-0.1, -0.05) is 0 Å². The molecule has 0 aromatic rings. The summed E-state index contributed by atoms with van der Waals surface area (Å²) in [4.78, 5) is 35.3. The topological polar surface area (TPSA) is 94.9 Å². The minimum absolute atomic E-state index is 0.0907. The van der Waals surface area contributed by atoms with Gasteiger partial charge in [-0.25, -0.2) is 9.59 Å². The number of likely N-dealkylation sites (tertiary alicyclic amines) is 1. The van der Waals surface area contributed by atoms with E-state index in [1.807, 2.05) is 0 Å². The van der Waals surface area contributed by atoms with Gasteiger partial charge in [-0.3, -0.25) is 4.79 Å². The Balaban J connectivity index is 2.44. The van der Waals surface area contributed by atoms with E-state index >= 15 is 0 Å². The third-order valence-corrected chi connectivity index (χ3v) is 4.58. The number of carboxylic acid groups (broad SMARTS) is 2. The van der Waals surface area contributed by atoms with Crippen molar-refractivity contribution in [2.75, 3.05) is 18.8 Å². The molecular formula is C12H19N2O5S+. The standard InChI is InChI=1S/C12H18N2O5S/c15-10(7-20)14(6-2-4-9(14)12(18)19)13-5-1-3-8(13)11(16)17/h8-9H,1-7H2,(H2-,16,17,18,19,20)/p+1/t8-,9-,14?/m0/s1. The molecule has 3 atom stereocenters. The van der Waals surface area contributed by atoms with E-state index in [-0.39, 0.29) is 16.3 Å². The third-order valence-electron chi connectivity index (χ3n) is 4.31. The lowest BCUT2D eigenvalue weighted by Gasteiger charge is -2.42. The van der Waals surface area contributed by atoms with Gasteiger partial charge in [0.05, 0.1) is 0 Å². The maximum atomic E-state index is 12.4. The SMILES string of the molecule is O=C(O)[C@@H]1CCCN1[N+]1(C(=O)CS)CCC[C@H]1C(=O)O. The number of carboxylic acids is 2. The van der Waals surface area contributed by atoms with Crippen molar-refractivity contribution in [1.29, 1.82) is 0 Å². The van der Waals surface area contributed by atoms with Gasteiger partial charge in [0.25, 0.3) is 0 Å². The zero-order valence-corrected chi connectivity index (χ0v) is 12.0. The molecule has 0 spiro atoms. The smallest absolute Gasteiger partial charge is 0.364 e. The Morgan fingerprint density at radius 3 is 2.40 bits per heavy atom. The first kappa shape index (κ1) is 15.3. The molecule has 8 heteroatoms. The quantitative estimate of drug-likeness (QED) is 0.499. The van der Waals surface area contributed by atoms with Gasteiger partial charge in [-0.05, 0) is 12.8 Å². The second-order valence-corrected chi connectivity index (χ2v) is 5.57. The van der Waals surface area contributed by atoms with Crippen molar-refractivity contribution in [2.45, 2.75) is 37.8 Å². The molecule has 2 aliphatic heterocycles. The van der Waals surface area contributed by atoms with Crippen LogP contribution in [-0.2, 0) is 14.4 Å². The van der Waals surface area contributed by atoms with Crippen molar-refractivity contribution in [3.05, 3.63) is 0 Å². The summed E-state index contributed by atoms with van der Waals surface area (Å²) >= 11 is 4.00. The molecule has 1 amide bonds. The van der Waals surface area contributed by atoms with Crippen LogP contribution in [0.1, 0.15) is 25.7 Å². The van der Waals surface area contributed by atoms with Gasteiger partial charge in [0.1, 0.15) is 12.3 Å². The molecule has 0 aliphatic carbocycles. The number of rotatable bonds is 4. The minimum atomic E-state index is -1.05. The normalized spacial score (nSPS) is 34.2. The van der Waals surface area contributed by atoms with Gasteiger partial charge in [-0.15, -0.1) is 5.01 Å². The Morgan fingerprint density at radius 2 is 1.85 bits per heavy atom. The molecule has 2 fully saturated rings. The van der Waals surface area contributed by atoms with Gasteiger partial charge < -0.3 is 10.2 Å². The van der Waals surface area contributed by atoms with Crippen LogP contribution in [0, 0.1) is 0 Å². The second-order valence-electron chi connectivity index (χ2n) is 5.26. The molecule has 20 heavy (non-hydrogen) atoms. The van der Waals surface area contributed by atoms with E-state index in [0.717, 1.165) is 0 Å². The van der Waals surface area contributed by atoms with E-state index in [9.17, 15) is 24.6 Å². The summed E-state index contributed by atoms with van der Waals surface area (Å²) < 4.78 is -0.379. The number of aliphatic carboxylic acids is 2. The summed E-state index contributed by atoms with van der Waals surface area (Å²) in [7, 11) is 0. The van der Waals surface area contributed by atoms with Crippen LogP contribution in [0.4, 0.5) is 0 Å². The Kier molecular flexibility index (Phi) is 4.36. The fourth-order valence-corrected chi connectivity index (χ4v) is 3.75. The van der Waals surface area contributed by atoms with Crippen molar-refractivity contribution < 1.29 is 29.2 Å². The molecule has 2 rings (SSSR count). The Hall–Kier alpha value is -1.12. The predicted molar refractivity (Wildman–Crippen MR) is 72.0 cm³/mol. The molecule has 2 heterocycles. The van der Waals surface area contributed by atoms with Crippen LogP contribution in [0.2, 0.25) is 0 Å². The average molecular weight is 303 g/mol. The van der Waals surface area contributed by atoms with E-state index in [4.69, 9.17) is 0 Å². The summed E-state index contributed by atoms with van der Waals surface area (Å²) in [6, 6.07) is -1.69. The zero-order chi connectivity index (χ0) is 14.9. The molecule has 0 aromatic heterocycles. The first-order chi connectivity index (χ1) is 9.45. The van der Waals surface area contributed by atoms with E-state index in [1.54, 1.807) is 5.01 Å². The lowest BCUT2D eigenvalue weighted by atomic mass is 10.2. The van der Waals surface area contributed by atoms with Gasteiger partial charge >= 0.3 is 17.8 Å². The van der Waals surface area contributed by atoms with Crippen molar-refractivity contribution in [3.63, 3.8) is 0 Å². The van der Waals surface area contributed by atoms with Crippen LogP contribution < -0.4 is 0 Å². The summed E-state index contributed by atoms with van der Waals surface area (Å²) in [6.45, 7) is 0.778.